The zero-order valence-corrected chi connectivity index (χ0v) is 10.4. The third kappa shape index (κ3) is 2.96. The number of allylic oxidation sites excluding steroid dienone is 1. The summed E-state index contributed by atoms with van der Waals surface area (Å²) in [5, 5.41) is 0. The van der Waals surface area contributed by atoms with Gasteiger partial charge in [0.25, 0.3) is 0 Å². The first-order valence-corrected chi connectivity index (χ1v) is 6.06. The number of carbonyl (C=O) groups is 1. The van der Waals surface area contributed by atoms with Gasteiger partial charge in [-0.1, -0.05) is 19.1 Å². The lowest BCUT2D eigenvalue weighted by atomic mass is 9.97. The van der Waals surface area contributed by atoms with E-state index in [0.717, 1.165) is 0 Å². The molecule has 0 heterocycles. The van der Waals surface area contributed by atoms with Gasteiger partial charge in [-0.3, -0.25) is 4.79 Å². The number of hydrogen-bond acceptors (Lipinski definition) is 2. The van der Waals surface area contributed by atoms with Crippen molar-refractivity contribution in [2.75, 3.05) is 0 Å². The Morgan fingerprint density at radius 2 is 2.18 bits per heavy atom. The highest BCUT2D eigenvalue weighted by atomic mass is 16.5. The summed E-state index contributed by atoms with van der Waals surface area (Å²) in [6.07, 6.45) is 4.39. The molecule has 0 spiro atoms. The van der Waals surface area contributed by atoms with Crippen molar-refractivity contribution in [3.05, 3.63) is 42.0 Å². The Hall–Kier alpha value is -1.57. The lowest BCUT2D eigenvalue weighted by Gasteiger charge is -2.12. The van der Waals surface area contributed by atoms with E-state index < -0.39 is 0 Å². The van der Waals surface area contributed by atoms with Crippen molar-refractivity contribution in [3.8, 4) is 5.75 Å². The molecular weight excluding hydrogens is 212 g/mol. The maximum absolute atomic E-state index is 11.0. The zero-order chi connectivity index (χ0) is 12.4. The van der Waals surface area contributed by atoms with E-state index in [1.54, 1.807) is 0 Å². The van der Waals surface area contributed by atoms with Crippen LogP contribution < -0.4 is 4.74 Å². The standard InChI is InChI=1S/C15H18O2/c1-4-10(2)13-7-14(12-5-6-12)9-15(8-13)17-11(3)16/h4,7-10,12H,1,5-6H2,2-3H3. The Balaban J connectivity index is 2.34. The van der Waals surface area contributed by atoms with Gasteiger partial charge in [-0.15, -0.1) is 6.58 Å². The number of benzene rings is 1. The number of rotatable bonds is 4. The molecule has 0 aliphatic heterocycles. The summed E-state index contributed by atoms with van der Waals surface area (Å²) in [7, 11) is 0. The van der Waals surface area contributed by atoms with Crippen LogP contribution in [0.5, 0.6) is 5.75 Å². The third-order valence-electron chi connectivity index (χ3n) is 3.14. The molecule has 0 N–H and O–H groups in total. The lowest BCUT2D eigenvalue weighted by molar-refractivity contribution is -0.131. The van der Waals surface area contributed by atoms with Crippen LogP contribution in [0.25, 0.3) is 0 Å². The first-order valence-electron chi connectivity index (χ1n) is 6.06. The maximum atomic E-state index is 11.0. The first-order chi connectivity index (χ1) is 8.10. The summed E-state index contributed by atoms with van der Waals surface area (Å²) in [5.74, 6) is 1.32. The predicted octanol–water partition coefficient (Wildman–Crippen LogP) is 3.78. The van der Waals surface area contributed by atoms with Crippen molar-refractivity contribution in [1.29, 1.82) is 0 Å². The molecule has 1 saturated carbocycles. The molecule has 90 valence electrons. The number of ether oxygens (including phenoxy) is 1. The molecule has 1 aromatic carbocycles. The second-order valence-electron chi connectivity index (χ2n) is 4.73. The van der Waals surface area contributed by atoms with Gasteiger partial charge in [0.1, 0.15) is 5.75 Å². The summed E-state index contributed by atoms with van der Waals surface area (Å²) in [4.78, 5) is 11.0. The van der Waals surface area contributed by atoms with E-state index >= 15 is 0 Å². The SMILES string of the molecule is C=CC(C)c1cc(OC(C)=O)cc(C2CC2)c1. The summed E-state index contributed by atoms with van der Waals surface area (Å²) < 4.78 is 5.19. The van der Waals surface area contributed by atoms with Gasteiger partial charge in [0.2, 0.25) is 0 Å². The van der Waals surface area contributed by atoms with Crippen LogP contribution in [-0.2, 0) is 4.79 Å². The molecule has 1 fully saturated rings. The van der Waals surface area contributed by atoms with Crippen LogP contribution in [0.3, 0.4) is 0 Å². The predicted molar refractivity (Wildman–Crippen MR) is 68.3 cm³/mol. The highest BCUT2D eigenvalue weighted by Crippen LogP contribution is 2.42. The Bertz CT molecular complexity index is 444. The molecule has 1 aliphatic carbocycles. The summed E-state index contributed by atoms with van der Waals surface area (Å²) >= 11 is 0. The van der Waals surface area contributed by atoms with Crippen LogP contribution in [0.1, 0.15) is 49.7 Å². The van der Waals surface area contributed by atoms with E-state index in [0.29, 0.717) is 11.7 Å². The van der Waals surface area contributed by atoms with Crippen LogP contribution in [0.2, 0.25) is 0 Å². The molecule has 0 amide bonds. The molecule has 1 unspecified atom stereocenters. The first kappa shape index (κ1) is 11.9. The highest BCUT2D eigenvalue weighted by molar-refractivity contribution is 5.69. The van der Waals surface area contributed by atoms with Crippen molar-refractivity contribution < 1.29 is 9.53 Å². The summed E-state index contributed by atoms with van der Waals surface area (Å²) in [6, 6.07) is 6.12. The van der Waals surface area contributed by atoms with Gasteiger partial charge in [0, 0.05) is 6.92 Å². The van der Waals surface area contributed by atoms with Crippen LogP contribution >= 0.6 is 0 Å². The van der Waals surface area contributed by atoms with Crippen molar-refractivity contribution in [2.45, 2.75) is 38.5 Å². The van der Waals surface area contributed by atoms with Crippen molar-refractivity contribution in [3.63, 3.8) is 0 Å². The van der Waals surface area contributed by atoms with Crippen molar-refractivity contribution in [1.82, 2.24) is 0 Å². The lowest BCUT2D eigenvalue weighted by Crippen LogP contribution is -2.03. The molecule has 17 heavy (non-hydrogen) atoms. The molecule has 0 radical (unpaired) electrons. The van der Waals surface area contributed by atoms with Crippen LogP contribution in [0.15, 0.2) is 30.9 Å². The highest BCUT2D eigenvalue weighted by Gasteiger charge is 2.25. The third-order valence-corrected chi connectivity index (χ3v) is 3.14. The fourth-order valence-corrected chi connectivity index (χ4v) is 1.92. The van der Waals surface area contributed by atoms with E-state index in [9.17, 15) is 4.79 Å². The molecule has 0 bridgehead atoms. The van der Waals surface area contributed by atoms with Crippen molar-refractivity contribution in [2.24, 2.45) is 0 Å². The van der Waals surface area contributed by atoms with Crippen LogP contribution in [0, 0.1) is 0 Å². The molecule has 0 saturated heterocycles. The Morgan fingerprint density at radius 3 is 2.71 bits per heavy atom. The van der Waals surface area contributed by atoms with Crippen molar-refractivity contribution >= 4 is 5.97 Å². The molecule has 1 aromatic rings. The molecule has 0 aromatic heterocycles. The van der Waals surface area contributed by atoms with E-state index in [1.165, 1.54) is 30.9 Å². The van der Waals surface area contributed by atoms with Gasteiger partial charge in [-0.25, -0.2) is 0 Å². The molecule has 2 nitrogen and oxygen atoms in total. The fourth-order valence-electron chi connectivity index (χ4n) is 1.92. The maximum Gasteiger partial charge on any atom is 0.308 e. The Kier molecular flexibility index (Phi) is 3.32. The minimum atomic E-state index is -0.268. The normalized spacial score (nSPS) is 16.4. The van der Waals surface area contributed by atoms with Crippen LogP contribution in [0.4, 0.5) is 0 Å². The second kappa shape index (κ2) is 4.74. The fraction of sp³-hybridized carbons (Fsp3) is 0.400. The number of esters is 1. The Morgan fingerprint density at radius 1 is 1.47 bits per heavy atom. The topological polar surface area (TPSA) is 26.3 Å². The Labute approximate surface area is 102 Å². The molecule has 2 rings (SSSR count). The second-order valence-corrected chi connectivity index (χ2v) is 4.73. The molecule has 1 aliphatic rings. The molecule has 1 atom stereocenters. The minimum absolute atomic E-state index is 0.268. The van der Waals surface area contributed by atoms with Crippen LogP contribution in [-0.4, -0.2) is 5.97 Å². The average molecular weight is 230 g/mol. The van der Waals surface area contributed by atoms with Gasteiger partial charge >= 0.3 is 5.97 Å². The smallest absolute Gasteiger partial charge is 0.308 e. The van der Waals surface area contributed by atoms with Gasteiger partial charge < -0.3 is 4.74 Å². The van der Waals surface area contributed by atoms with E-state index in [4.69, 9.17) is 4.74 Å². The summed E-state index contributed by atoms with van der Waals surface area (Å²) in [6.45, 7) is 7.33. The van der Waals surface area contributed by atoms with Gasteiger partial charge in [-0.05, 0) is 47.9 Å². The molecule has 2 heteroatoms. The monoisotopic (exact) mass is 230 g/mol. The number of carbonyl (C=O) groups excluding carboxylic acids is 1. The van der Waals surface area contributed by atoms with E-state index in [2.05, 4.69) is 19.6 Å². The summed E-state index contributed by atoms with van der Waals surface area (Å²) in [5.41, 5.74) is 2.45. The zero-order valence-electron chi connectivity index (χ0n) is 10.4. The largest absolute Gasteiger partial charge is 0.427 e. The van der Waals surface area contributed by atoms with Gasteiger partial charge in [0.15, 0.2) is 0 Å². The average Bonchev–Trinajstić information content (AvgIpc) is 3.10. The molecular formula is C15H18O2. The van der Waals surface area contributed by atoms with Gasteiger partial charge in [0.05, 0.1) is 0 Å². The van der Waals surface area contributed by atoms with E-state index in [1.807, 2.05) is 18.2 Å². The quantitative estimate of drug-likeness (QED) is 0.447. The van der Waals surface area contributed by atoms with E-state index in [-0.39, 0.29) is 11.9 Å². The van der Waals surface area contributed by atoms with Gasteiger partial charge in [-0.2, -0.15) is 0 Å². The number of hydrogen-bond donors (Lipinski definition) is 0. The minimum Gasteiger partial charge on any atom is -0.427 e.